The van der Waals surface area contributed by atoms with E-state index in [0.29, 0.717) is 12.3 Å². The van der Waals surface area contributed by atoms with Gasteiger partial charge in [-0.25, -0.2) is 4.98 Å². The molecule has 0 unspecified atom stereocenters. The number of thiazole rings is 1. The molecule has 1 atom stereocenters. The molecule has 3 aromatic rings. The van der Waals surface area contributed by atoms with Crippen LogP contribution in [0.15, 0.2) is 54.6 Å². The lowest BCUT2D eigenvalue weighted by Gasteiger charge is -2.34. The van der Waals surface area contributed by atoms with E-state index in [1.807, 2.05) is 41.3 Å². The van der Waals surface area contributed by atoms with E-state index in [0.717, 1.165) is 47.3 Å². The number of amides is 1. The maximum atomic E-state index is 13.3. The second kappa shape index (κ2) is 7.52. The first-order valence-corrected chi connectivity index (χ1v) is 10.8. The van der Waals surface area contributed by atoms with Gasteiger partial charge in [-0.3, -0.25) is 4.79 Å². The van der Waals surface area contributed by atoms with Crippen LogP contribution in [-0.2, 0) is 12.8 Å². The van der Waals surface area contributed by atoms with E-state index in [2.05, 4.69) is 30.1 Å². The first-order valence-electron chi connectivity index (χ1n) is 9.95. The van der Waals surface area contributed by atoms with Crippen molar-refractivity contribution in [3.8, 4) is 5.75 Å². The number of aromatic nitrogens is 1. The number of para-hydroxylation sites is 2. The van der Waals surface area contributed by atoms with Crippen LogP contribution in [0.5, 0.6) is 5.75 Å². The molecule has 6 heteroatoms. The molecule has 148 valence electrons. The zero-order chi connectivity index (χ0) is 19.8. The van der Waals surface area contributed by atoms with Crippen LogP contribution < -0.4 is 9.64 Å². The van der Waals surface area contributed by atoms with Gasteiger partial charge in [-0.05, 0) is 17.7 Å². The molecular formula is C23H23N3O2S. The van der Waals surface area contributed by atoms with Gasteiger partial charge in [0.25, 0.3) is 5.91 Å². The van der Waals surface area contributed by atoms with Crippen LogP contribution in [0.3, 0.4) is 0 Å². The smallest absolute Gasteiger partial charge is 0.274 e. The minimum absolute atomic E-state index is 0.00678. The lowest BCUT2D eigenvalue weighted by atomic mass is 10.1. The number of fused-ring (bicyclic) bond motifs is 2. The van der Waals surface area contributed by atoms with Crippen LogP contribution in [0, 0.1) is 0 Å². The molecule has 1 aromatic heterocycles. The maximum Gasteiger partial charge on any atom is 0.274 e. The number of hydrogen-bond acceptors (Lipinski definition) is 5. The molecule has 0 aliphatic carbocycles. The molecule has 2 aliphatic heterocycles. The summed E-state index contributed by atoms with van der Waals surface area (Å²) in [6, 6.07) is 18.3. The molecule has 0 radical (unpaired) electrons. The second-order valence-electron chi connectivity index (χ2n) is 7.60. The number of likely N-dealkylation sites (N-methyl/N-ethyl adjacent to an activating group) is 1. The molecule has 0 bridgehead atoms. The molecule has 5 nitrogen and oxygen atoms in total. The van der Waals surface area contributed by atoms with Crippen molar-refractivity contribution < 1.29 is 9.53 Å². The van der Waals surface area contributed by atoms with E-state index in [-0.39, 0.29) is 11.9 Å². The molecule has 0 N–H and O–H groups in total. The van der Waals surface area contributed by atoms with Crippen LogP contribution in [0.1, 0.15) is 25.9 Å². The summed E-state index contributed by atoms with van der Waals surface area (Å²) in [6.07, 6.45) is 1.64. The normalized spacial score (nSPS) is 18.7. The number of anilines is 1. The van der Waals surface area contributed by atoms with Gasteiger partial charge in [-0.15, -0.1) is 11.3 Å². The molecule has 0 fully saturated rings. The molecule has 2 aliphatic rings. The van der Waals surface area contributed by atoms with Gasteiger partial charge in [0.15, 0.2) is 0 Å². The van der Waals surface area contributed by atoms with Crippen molar-refractivity contribution in [2.24, 2.45) is 0 Å². The fourth-order valence-corrected chi connectivity index (χ4v) is 5.21. The Balaban J connectivity index is 1.35. The van der Waals surface area contributed by atoms with Crippen molar-refractivity contribution in [2.75, 3.05) is 31.6 Å². The Labute approximate surface area is 174 Å². The highest BCUT2D eigenvalue weighted by molar-refractivity contribution is 7.12. The Morgan fingerprint density at radius 2 is 1.93 bits per heavy atom. The Bertz CT molecular complexity index is 1030. The van der Waals surface area contributed by atoms with Gasteiger partial charge in [0.05, 0.1) is 16.7 Å². The molecular weight excluding hydrogens is 382 g/mol. The van der Waals surface area contributed by atoms with Gasteiger partial charge in [-0.1, -0.05) is 42.5 Å². The average molecular weight is 406 g/mol. The van der Waals surface area contributed by atoms with Gasteiger partial charge in [0.2, 0.25) is 0 Å². The first kappa shape index (κ1) is 18.2. The maximum absolute atomic E-state index is 13.3. The van der Waals surface area contributed by atoms with Crippen molar-refractivity contribution in [1.82, 2.24) is 9.88 Å². The molecule has 0 saturated carbocycles. The number of hydrogen-bond donors (Lipinski definition) is 0. The summed E-state index contributed by atoms with van der Waals surface area (Å²) < 4.78 is 6.05. The third-order valence-electron chi connectivity index (χ3n) is 5.62. The molecule has 5 rings (SSSR count). The minimum Gasteiger partial charge on any atom is -0.489 e. The van der Waals surface area contributed by atoms with E-state index in [1.165, 1.54) is 5.56 Å². The van der Waals surface area contributed by atoms with Gasteiger partial charge < -0.3 is 14.5 Å². The van der Waals surface area contributed by atoms with Gasteiger partial charge in [0, 0.05) is 37.9 Å². The lowest BCUT2D eigenvalue weighted by Crippen LogP contribution is -2.51. The predicted octanol–water partition coefficient (Wildman–Crippen LogP) is 3.63. The van der Waals surface area contributed by atoms with Crippen molar-refractivity contribution in [2.45, 2.75) is 18.9 Å². The Morgan fingerprint density at radius 1 is 1.14 bits per heavy atom. The number of carbonyl (C=O) groups is 1. The van der Waals surface area contributed by atoms with Gasteiger partial charge in [-0.2, -0.15) is 0 Å². The summed E-state index contributed by atoms with van der Waals surface area (Å²) in [5.74, 6) is 0.913. The van der Waals surface area contributed by atoms with Crippen LogP contribution in [0.25, 0.3) is 0 Å². The largest absolute Gasteiger partial charge is 0.489 e. The van der Waals surface area contributed by atoms with Crippen molar-refractivity contribution in [3.05, 3.63) is 75.7 Å². The minimum atomic E-state index is 0.00678. The zero-order valence-electron chi connectivity index (χ0n) is 16.4. The molecule has 0 saturated heterocycles. The SMILES string of the molecule is CN1C[C@H](N2CCc3sc(Cc4ccccc4)nc3C2=O)COc2ccccc21. The van der Waals surface area contributed by atoms with Crippen molar-refractivity contribution in [3.63, 3.8) is 0 Å². The average Bonchev–Trinajstić information content (AvgIpc) is 3.08. The Hall–Kier alpha value is -2.86. The molecule has 29 heavy (non-hydrogen) atoms. The van der Waals surface area contributed by atoms with E-state index in [4.69, 9.17) is 9.72 Å². The standard InChI is InChI=1S/C23H23N3O2S/c1-25-14-17(15-28-19-10-6-5-9-18(19)25)26-12-11-20-22(23(26)27)24-21(29-20)13-16-7-3-2-4-8-16/h2-10,17H,11-15H2,1H3/t17-/m0/s1. The molecule has 3 heterocycles. The molecule has 1 amide bonds. The van der Waals surface area contributed by atoms with Gasteiger partial charge >= 0.3 is 0 Å². The monoisotopic (exact) mass is 405 g/mol. The number of carbonyl (C=O) groups excluding carboxylic acids is 1. The second-order valence-corrected chi connectivity index (χ2v) is 8.77. The third kappa shape index (κ3) is 3.49. The van der Waals surface area contributed by atoms with E-state index >= 15 is 0 Å². The highest BCUT2D eigenvalue weighted by atomic mass is 32.1. The predicted molar refractivity (Wildman–Crippen MR) is 115 cm³/mol. The highest BCUT2D eigenvalue weighted by Gasteiger charge is 2.35. The van der Waals surface area contributed by atoms with E-state index < -0.39 is 0 Å². The summed E-state index contributed by atoms with van der Waals surface area (Å²) in [4.78, 5) is 23.2. The Kier molecular flexibility index (Phi) is 4.72. The fraction of sp³-hybridized carbons (Fsp3) is 0.304. The molecule has 0 spiro atoms. The van der Waals surface area contributed by atoms with E-state index in [1.54, 1.807) is 11.3 Å². The van der Waals surface area contributed by atoms with Crippen LogP contribution in [-0.4, -0.2) is 48.6 Å². The summed E-state index contributed by atoms with van der Waals surface area (Å²) >= 11 is 1.68. The first-order chi connectivity index (χ1) is 14.2. The summed E-state index contributed by atoms with van der Waals surface area (Å²) in [5, 5.41) is 1.01. The summed E-state index contributed by atoms with van der Waals surface area (Å²) in [6.45, 7) is 1.97. The quantitative estimate of drug-likeness (QED) is 0.668. The number of rotatable bonds is 3. The number of benzene rings is 2. The number of ether oxygens (including phenoxy) is 1. The third-order valence-corrected chi connectivity index (χ3v) is 6.73. The van der Waals surface area contributed by atoms with Crippen molar-refractivity contribution in [1.29, 1.82) is 0 Å². The Morgan fingerprint density at radius 3 is 2.79 bits per heavy atom. The fourth-order valence-electron chi connectivity index (χ4n) is 4.13. The lowest BCUT2D eigenvalue weighted by molar-refractivity contribution is 0.0606. The summed E-state index contributed by atoms with van der Waals surface area (Å²) in [5.41, 5.74) is 2.93. The van der Waals surface area contributed by atoms with Crippen molar-refractivity contribution >= 4 is 22.9 Å². The highest BCUT2D eigenvalue weighted by Crippen LogP contribution is 2.32. The topological polar surface area (TPSA) is 45.7 Å². The van der Waals surface area contributed by atoms with Crippen LogP contribution >= 0.6 is 11.3 Å². The van der Waals surface area contributed by atoms with E-state index in [9.17, 15) is 4.79 Å². The van der Waals surface area contributed by atoms with Gasteiger partial charge in [0.1, 0.15) is 18.1 Å². The van der Waals surface area contributed by atoms with Crippen LogP contribution in [0.2, 0.25) is 0 Å². The van der Waals surface area contributed by atoms with Crippen LogP contribution in [0.4, 0.5) is 5.69 Å². The number of nitrogens with zero attached hydrogens (tertiary/aromatic N) is 3. The summed E-state index contributed by atoms with van der Waals surface area (Å²) in [7, 11) is 2.06. The zero-order valence-corrected chi connectivity index (χ0v) is 17.2. The molecule has 2 aromatic carbocycles.